The zero-order chi connectivity index (χ0) is 65.3. The molecule has 0 aliphatic carbocycles. The Morgan fingerprint density at radius 2 is 1.08 bits per heavy atom. The minimum absolute atomic E-state index is 0.0278. The molecule has 0 spiro atoms. The summed E-state index contributed by atoms with van der Waals surface area (Å²) in [6.45, 7) is 26.6. The van der Waals surface area contributed by atoms with Crippen LogP contribution in [0.3, 0.4) is 0 Å². The zero-order valence-electron chi connectivity index (χ0n) is 50.6. The van der Waals surface area contributed by atoms with Crippen LogP contribution in [0.5, 0.6) is 34.9 Å². The Morgan fingerprint density at radius 3 is 1.46 bits per heavy atom. The Bertz CT molecular complexity index is 4250. The number of aromatic nitrogens is 7. The number of fused-ring (bicyclic) bond motifs is 3. The summed E-state index contributed by atoms with van der Waals surface area (Å²) in [4.78, 5) is 71.6. The van der Waals surface area contributed by atoms with Gasteiger partial charge in [0.25, 0.3) is 17.7 Å². The molecular formula is C64H60F2N14O11. The lowest BCUT2D eigenvalue weighted by Crippen LogP contribution is -2.34. The van der Waals surface area contributed by atoms with E-state index in [-0.39, 0.29) is 54.3 Å². The van der Waals surface area contributed by atoms with Gasteiger partial charge < -0.3 is 54.0 Å². The highest BCUT2D eigenvalue weighted by molar-refractivity contribution is 6.00. The fraction of sp³-hybridized carbons (Fsp3) is 0.359. The maximum Gasteiger partial charge on any atom is 0.298 e. The summed E-state index contributed by atoms with van der Waals surface area (Å²) < 4.78 is 66.7. The standard InChI is InChI=1S/C23H23FN4O4.C21H18FN7O3.C20H19N3O4/c1-6-14-18(27-22(30)21(14)24)12-32-23-16-10-19(31-5)17(25-2)9-15(16)13(11-26-23)7-8-20(29)28(3)4;1-4-12-16(25-20(30)19(12)22)10-32-21-14-8-17(31-3)15(23-2)7-13(14)11(9-24-21)5-6-18-26-28-29-27-18;1-21-17-9-15-13(5-4-8-25-2)11-22-20(16(15)10-18(17)26-3)27-12-14-6-7-19(24)23-14/h9-11,14,18,21H,6,12H2,1,3-5H3,(H,27,30);7-9,12,16,19H,4,10H2,1,3H3,(H,25,30)(H,26,27,28,29);9-11,14H,6-8,12H2,2-3H3,(H,23,24)/t14-,18+,21-;12-,16+,19-;14-/m000/s1. The van der Waals surface area contributed by atoms with Crippen LogP contribution in [0.25, 0.3) is 46.9 Å². The van der Waals surface area contributed by atoms with E-state index in [0.29, 0.717) is 111 Å². The fourth-order valence-corrected chi connectivity index (χ4v) is 10.0. The molecule has 3 saturated heterocycles. The molecule has 7 aromatic rings. The van der Waals surface area contributed by atoms with Crippen LogP contribution in [0.4, 0.5) is 25.8 Å². The van der Waals surface area contributed by atoms with Crippen LogP contribution in [0, 0.1) is 67.1 Å². The van der Waals surface area contributed by atoms with Gasteiger partial charge in [-0.25, -0.2) is 38.3 Å². The van der Waals surface area contributed by atoms with Crippen molar-refractivity contribution in [1.29, 1.82) is 0 Å². The van der Waals surface area contributed by atoms with Gasteiger partial charge in [0.05, 0.1) is 70.3 Å². The highest BCUT2D eigenvalue weighted by atomic mass is 19.1. The first-order valence-corrected chi connectivity index (χ1v) is 28.2. The molecule has 3 aliphatic heterocycles. The maximum absolute atomic E-state index is 14.1. The molecule has 3 aliphatic rings. The Morgan fingerprint density at radius 1 is 0.626 bits per heavy atom. The number of alkyl halides is 2. The molecule has 4 aromatic heterocycles. The Kier molecular flexibility index (Phi) is 22.0. The molecule has 10 rings (SSSR count). The number of H-pyrrole nitrogens is 1. The van der Waals surface area contributed by atoms with E-state index in [2.05, 4.69) is 102 Å². The quantitative estimate of drug-likeness (QED) is 0.0602. The first-order chi connectivity index (χ1) is 44.0. The highest BCUT2D eigenvalue weighted by Crippen LogP contribution is 2.41. The number of tetrazole rings is 1. The van der Waals surface area contributed by atoms with Crippen molar-refractivity contribution in [1.82, 2.24) is 56.4 Å². The Hall–Kier alpha value is -11.4. The van der Waals surface area contributed by atoms with E-state index in [1.54, 1.807) is 63.8 Å². The van der Waals surface area contributed by atoms with Gasteiger partial charge in [-0.15, -0.1) is 5.10 Å². The fourth-order valence-electron chi connectivity index (χ4n) is 10.0. The van der Waals surface area contributed by atoms with Crippen molar-refractivity contribution in [3.05, 3.63) is 112 Å². The number of nitrogens with zero attached hydrogens (tertiary/aromatic N) is 10. The number of halogens is 2. The molecule has 25 nitrogen and oxygen atoms in total. The lowest BCUT2D eigenvalue weighted by molar-refractivity contribution is -0.124. The van der Waals surface area contributed by atoms with Gasteiger partial charge in [0.2, 0.25) is 46.4 Å². The van der Waals surface area contributed by atoms with Gasteiger partial charge in [-0.3, -0.25) is 19.2 Å². The summed E-state index contributed by atoms with van der Waals surface area (Å²) >= 11 is 0. The van der Waals surface area contributed by atoms with E-state index in [4.69, 9.17) is 52.9 Å². The van der Waals surface area contributed by atoms with Crippen LogP contribution in [0.1, 0.15) is 62.0 Å². The summed E-state index contributed by atoms with van der Waals surface area (Å²) in [6.07, 6.45) is 3.69. The van der Waals surface area contributed by atoms with E-state index in [9.17, 15) is 28.0 Å². The third-order valence-corrected chi connectivity index (χ3v) is 14.8. The number of hydrogen-bond donors (Lipinski definition) is 4. The number of carbonyl (C=O) groups is 4. The van der Waals surface area contributed by atoms with E-state index in [0.717, 1.165) is 11.8 Å². The van der Waals surface area contributed by atoms with E-state index in [1.165, 1.54) is 38.6 Å². The molecule has 27 heteroatoms. The average molecular weight is 1240 g/mol. The average Bonchev–Trinajstić information content (AvgIpc) is 1.68. The Labute approximate surface area is 521 Å². The van der Waals surface area contributed by atoms with E-state index < -0.39 is 48.1 Å². The molecular weight excluding hydrogens is 1180 g/mol. The van der Waals surface area contributed by atoms with Crippen molar-refractivity contribution in [3.63, 3.8) is 0 Å². The molecule has 91 heavy (non-hydrogen) atoms. The summed E-state index contributed by atoms with van der Waals surface area (Å²) in [5.74, 6) is 16.6. The number of pyridine rings is 3. The van der Waals surface area contributed by atoms with Crippen molar-refractivity contribution < 1.29 is 61.1 Å². The van der Waals surface area contributed by atoms with Gasteiger partial charge in [-0.2, -0.15) is 5.21 Å². The second-order valence-corrected chi connectivity index (χ2v) is 20.6. The number of benzene rings is 3. The first kappa shape index (κ1) is 65.6. The van der Waals surface area contributed by atoms with Crippen LogP contribution in [0.2, 0.25) is 0 Å². The number of nitrogens with one attached hydrogen (secondary N) is 4. The lowest BCUT2D eigenvalue weighted by Gasteiger charge is -2.19. The predicted molar refractivity (Wildman–Crippen MR) is 327 cm³/mol. The predicted octanol–water partition coefficient (Wildman–Crippen LogP) is 6.87. The van der Waals surface area contributed by atoms with E-state index in [1.807, 2.05) is 13.8 Å². The number of rotatable bonds is 15. The number of amides is 4. The van der Waals surface area contributed by atoms with Gasteiger partial charge in [0, 0.05) is 85.7 Å². The second-order valence-electron chi connectivity index (χ2n) is 20.6. The van der Waals surface area contributed by atoms with Gasteiger partial charge in [-0.05, 0) is 83.0 Å². The van der Waals surface area contributed by atoms with Crippen LogP contribution in [0.15, 0.2) is 55.0 Å². The normalized spacial score (nSPS) is 18.4. The molecule has 3 aromatic carbocycles. The highest BCUT2D eigenvalue weighted by Gasteiger charge is 2.43. The van der Waals surface area contributed by atoms with Crippen molar-refractivity contribution in [3.8, 4) is 70.4 Å². The van der Waals surface area contributed by atoms with Gasteiger partial charge in [0.1, 0.15) is 43.7 Å². The summed E-state index contributed by atoms with van der Waals surface area (Å²) in [6, 6.07) is 8.98. The van der Waals surface area contributed by atoms with Gasteiger partial charge >= 0.3 is 0 Å². The zero-order valence-corrected chi connectivity index (χ0v) is 50.6. The molecule has 4 N–H and O–H groups in total. The number of aromatic amines is 1. The molecule has 3 fully saturated rings. The minimum atomic E-state index is -1.56. The second kappa shape index (κ2) is 30.5. The van der Waals surface area contributed by atoms with Crippen LogP contribution in [-0.4, -0.2) is 164 Å². The van der Waals surface area contributed by atoms with Crippen molar-refractivity contribution in [2.75, 3.05) is 69.0 Å². The largest absolute Gasteiger partial charge is 0.508 e. The molecule has 0 radical (unpaired) electrons. The summed E-state index contributed by atoms with van der Waals surface area (Å²) in [5.41, 5.74) is 2.60. The van der Waals surface area contributed by atoms with Crippen molar-refractivity contribution >= 4 is 73.0 Å². The number of carbonyl (C=O) groups excluding carboxylic acids is 4. The van der Waals surface area contributed by atoms with Gasteiger partial charge in [0.15, 0.2) is 12.3 Å². The number of hydrogen-bond acceptors (Lipinski definition) is 17. The molecule has 0 saturated carbocycles. The topological polar surface area (TPSA) is 278 Å². The van der Waals surface area contributed by atoms with E-state index >= 15 is 0 Å². The SMILES string of the molecule is [C-]#[N+]c1cc2c(C#CC(=O)N(C)C)cnc(OC[C@H]3NC(=O)[C@@H](F)[C@H]3CC)c2cc1OC.[C-]#[N+]c1cc2c(C#CCOC)cnc(OC[C@@H]3CCC(=O)N3)c2cc1OC.[C-]#[N+]c1cc2c(C#Cc3nn[nH]n3)cnc(OC[C@H]3NC(=O)[C@@H](F)[C@H]3CC)c2cc1OC. The number of methoxy groups -OCH3 is 4. The van der Waals surface area contributed by atoms with Crippen molar-refractivity contribution in [2.45, 2.75) is 70.0 Å². The van der Waals surface area contributed by atoms with Crippen molar-refractivity contribution in [2.24, 2.45) is 11.8 Å². The first-order valence-electron chi connectivity index (χ1n) is 28.2. The molecule has 4 amide bonds. The molecule has 466 valence electrons. The third-order valence-electron chi connectivity index (χ3n) is 14.8. The third kappa shape index (κ3) is 15.3. The van der Waals surface area contributed by atoms with Crippen LogP contribution < -0.4 is 44.4 Å². The monoisotopic (exact) mass is 1240 g/mol. The molecule has 0 unspecified atom stereocenters. The maximum atomic E-state index is 14.1. The lowest BCUT2D eigenvalue weighted by atomic mass is 9.97. The molecule has 7 heterocycles. The smallest absolute Gasteiger partial charge is 0.298 e. The summed E-state index contributed by atoms with van der Waals surface area (Å²) in [5, 5.41) is 25.2. The van der Waals surface area contributed by atoms with Gasteiger partial charge in [-0.1, -0.05) is 42.6 Å². The van der Waals surface area contributed by atoms with Crippen LogP contribution in [-0.2, 0) is 23.9 Å². The summed E-state index contributed by atoms with van der Waals surface area (Å²) in [7, 11) is 9.19. The number of ether oxygens (including phenoxy) is 7. The molecule has 0 bridgehead atoms. The molecule has 7 atom stereocenters. The van der Waals surface area contributed by atoms with Crippen LogP contribution >= 0.6 is 0 Å². The minimum Gasteiger partial charge on any atom is -0.508 e. The Balaban J connectivity index is 0.000000177.